The molecule has 3 aliphatic rings. The predicted octanol–water partition coefficient (Wildman–Crippen LogP) is 6.83. The summed E-state index contributed by atoms with van der Waals surface area (Å²) in [6, 6.07) is 43.9. The largest absolute Gasteiger partial charge is 0.345 e. The fraction of sp³-hybridized carbons (Fsp3) is 0.368. The van der Waals surface area contributed by atoms with E-state index >= 15 is 0 Å². The molecule has 3 saturated heterocycles. The first-order valence-electron chi connectivity index (χ1n) is 16.1. The van der Waals surface area contributed by atoms with Crippen molar-refractivity contribution in [3.63, 3.8) is 0 Å². The van der Waals surface area contributed by atoms with E-state index in [1.165, 1.54) is 21.2 Å². The molecule has 0 N–H and O–H groups in total. The zero-order valence-corrected chi connectivity index (χ0v) is 27.1. The monoisotopic (exact) mass is 624 g/mol. The SMILES string of the molecule is c1ccc(P(CC2OC3(CCCCO3)[C@@]3(CCCCO3)O[C@H]2CP(c2ccccc2)c2ccccc2)c2ccccc2)cc1. The second-order valence-corrected chi connectivity index (χ2v) is 16.5. The van der Waals surface area contributed by atoms with Gasteiger partial charge in [-0.1, -0.05) is 121 Å². The van der Waals surface area contributed by atoms with Crippen LogP contribution in [0.1, 0.15) is 38.5 Å². The van der Waals surface area contributed by atoms with Crippen molar-refractivity contribution in [2.45, 2.75) is 62.3 Å². The maximum atomic E-state index is 7.42. The van der Waals surface area contributed by atoms with Gasteiger partial charge in [0, 0.05) is 25.2 Å². The molecule has 4 atom stereocenters. The third-order valence-electron chi connectivity index (χ3n) is 9.15. The number of fused-ring (bicyclic) bond motifs is 1. The topological polar surface area (TPSA) is 36.9 Å². The Morgan fingerprint density at radius 1 is 0.455 bits per heavy atom. The van der Waals surface area contributed by atoms with Gasteiger partial charge in [-0.05, 0) is 62.7 Å². The van der Waals surface area contributed by atoms with Crippen LogP contribution >= 0.6 is 15.8 Å². The van der Waals surface area contributed by atoms with Crippen molar-refractivity contribution in [2.75, 3.05) is 25.5 Å². The third-order valence-corrected chi connectivity index (χ3v) is 14.3. The first-order valence-corrected chi connectivity index (χ1v) is 19.2. The lowest BCUT2D eigenvalue weighted by Crippen LogP contribution is -2.70. The van der Waals surface area contributed by atoms with Crippen molar-refractivity contribution in [1.29, 1.82) is 0 Å². The molecular formula is C38H42O4P2. The molecule has 228 valence electrons. The summed E-state index contributed by atoms with van der Waals surface area (Å²) in [4.78, 5) is 0. The maximum Gasteiger partial charge on any atom is 0.224 e. The molecule has 4 aromatic rings. The summed E-state index contributed by atoms with van der Waals surface area (Å²) in [7, 11) is -1.39. The number of benzene rings is 4. The lowest BCUT2D eigenvalue weighted by molar-refractivity contribution is -0.476. The normalized spacial score (nSPS) is 27.2. The Kier molecular flexibility index (Phi) is 9.57. The van der Waals surface area contributed by atoms with E-state index in [9.17, 15) is 0 Å². The molecule has 0 saturated carbocycles. The molecular weight excluding hydrogens is 582 g/mol. The first kappa shape index (κ1) is 30.2. The quantitative estimate of drug-likeness (QED) is 0.202. The zero-order valence-electron chi connectivity index (χ0n) is 25.3. The first-order chi connectivity index (χ1) is 21.8. The molecule has 4 nitrogen and oxygen atoms in total. The minimum absolute atomic E-state index is 0.145. The van der Waals surface area contributed by atoms with Gasteiger partial charge in [-0.15, -0.1) is 0 Å². The van der Waals surface area contributed by atoms with E-state index in [0.29, 0.717) is 13.2 Å². The van der Waals surface area contributed by atoms with E-state index in [1.807, 2.05) is 0 Å². The third kappa shape index (κ3) is 6.32. The Balaban J connectivity index is 1.30. The molecule has 44 heavy (non-hydrogen) atoms. The Morgan fingerprint density at radius 2 is 0.773 bits per heavy atom. The van der Waals surface area contributed by atoms with Gasteiger partial charge < -0.3 is 18.9 Å². The Morgan fingerprint density at radius 3 is 1.05 bits per heavy atom. The van der Waals surface area contributed by atoms with Crippen LogP contribution in [0.15, 0.2) is 121 Å². The minimum Gasteiger partial charge on any atom is -0.345 e. The molecule has 0 aromatic heterocycles. The van der Waals surface area contributed by atoms with Gasteiger partial charge in [0.2, 0.25) is 11.6 Å². The molecule has 6 heteroatoms. The predicted molar refractivity (Wildman–Crippen MR) is 183 cm³/mol. The molecule has 0 radical (unpaired) electrons. The molecule has 2 unspecified atom stereocenters. The number of ether oxygens (including phenoxy) is 4. The van der Waals surface area contributed by atoms with Gasteiger partial charge >= 0.3 is 0 Å². The molecule has 4 aromatic carbocycles. The Labute approximate surface area is 264 Å². The van der Waals surface area contributed by atoms with E-state index in [0.717, 1.165) is 50.8 Å². The van der Waals surface area contributed by atoms with Crippen LogP contribution in [0, 0.1) is 0 Å². The fourth-order valence-electron chi connectivity index (χ4n) is 6.97. The average molecular weight is 625 g/mol. The van der Waals surface area contributed by atoms with Crippen LogP contribution in [0.2, 0.25) is 0 Å². The van der Waals surface area contributed by atoms with Gasteiger partial charge in [0.25, 0.3) is 0 Å². The van der Waals surface area contributed by atoms with Crippen LogP contribution < -0.4 is 21.2 Å². The summed E-state index contributed by atoms with van der Waals surface area (Å²) in [5.41, 5.74) is 0. The lowest BCUT2D eigenvalue weighted by Gasteiger charge is -2.58. The zero-order chi connectivity index (χ0) is 29.7. The molecule has 0 bridgehead atoms. The van der Waals surface area contributed by atoms with Crippen molar-refractivity contribution in [2.24, 2.45) is 0 Å². The summed E-state index contributed by atoms with van der Waals surface area (Å²) in [5, 5.41) is 5.43. The van der Waals surface area contributed by atoms with Crippen molar-refractivity contribution in [1.82, 2.24) is 0 Å². The van der Waals surface area contributed by atoms with Crippen molar-refractivity contribution in [3.8, 4) is 0 Å². The van der Waals surface area contributed by atoms with Gasteiger partial charge in [0.15, 0.2) is 0 Å². The summed E-state index contributed by atoms with van der Waals surface area (Å²) < 4.78 is 28.2. The van der Waals surface area contributed by atoms with Crippen LogP contribution in [-0.2, 0) is 18.9 Å². The average Bonchev–Trinajstić information content (AvgIpc) is 3.10. The molecule has 3 heterocycles. The highest BCUT2D eigenvalue weighted by Gasteiger charge is 2.63. The van der Waals surface area contributed by atoms with Gasteiger partial charge in [0.05, 0.1) is 25.4 Å². The summed E-state index contributed by atoms with van der Waals surface area (Å²) in [6.45, 7) is 1.36. The van der Waals surface area contributed by atoms with Gasteiger partial charge in [-0.25, -0.2) is 0 Å². The van der Waals surface area contributed by atoms with E-state index in [2.05, 4.69) is 121 Å². The summed E-state index contributed by atoms with van der Waals surface area (Å²) >= 11 is 0. The van der Waals surface area contributed by atoms with Crippen LogP contribution in [0.4, 0.5) is 0 Å². The smallest absolute Gasteiger partial charge is 0.224 e. The van der Waals surface area contributed by atoms with E-state index in [1.54, 1.807) is 0 Å². The minimum atomic E-state index is -0.872. The molecule has 3 aliphatic heterocycles. The van der Waals surface area contributed by atoms with E-state index < -0.39 is 27.4 Å². The molecule has 7 rings (SSSR count). The van der Waals surface area contributed by atoms with Gasteiger partial charge in [-0.3, -0.25) is 0 Å². The number of hydrogen-bond donors (Lipinski definition) is 0. The highest BCUT2D eigenvalue weighted by molar-refractivity contribution is 7.73. The fourth-order valence-corrected chi connectivity index (χ4v) is 11.9. The molecule has 3 fully saturated rings. The molecule has 0 aliphatic carbocycles. The molecule has 2 spiro atoms. The summed E-state index contributed by atoms with van der Waals surface area (Å²) in [6.07, 6.45) is 7.24. The summed E-state index contributed by atoms with van der Waals surface area (Å²) in [5.74, 6) is -1.74. The Bertz CT molecular complexity index is 1250. The van der Waals surface area contributed by atoms with Crippen LogP contribution in [0.3, 0.4) is 0 Å². The standard InChI is InChI=1S/C38H42O4P2/c1-5-17-31(18-6-1)43(32-19-7-2-8-20-32)29-35-36(30-44(33-21-9-3-10-22-33)34-23-11-4-12-24-34)42-38(26-14-16-28-40-38)37(41-35)25-13-15-27-39-37/h1-12,17-24,35-36H,13-16,25-30H2/t35-,36?,37+,38?/m0/s1. The number of rotatable bonds is 8. The molecule has 0 amide bonds. The second kappa shape index (κ2) is 13.9. The van der Waals surface area contributed by atoms with Crippen LogP contribution in [0.25, 0.3) is 0 Å². The Hall–Kier alpha value is -2.42. The van der Waals surface area contributed by atoms with Crippen LogP contribution in [0.5, 0.6) is 0 Å². The lowest BCUT2D eigenvalue weighted by atomic mass is 9.88. The van der Waals surface area contributed by atoms with Crippen molar-refractivity contribution >= 4 is 37.1 Å². The highest BCUT2D eigenvalue weighted by Crippen LogP contribution is 2.52. The highest BCUT2D eigenvalue weighted by atomic mass is 31.1. The second-order valence-electron chi connectivity index (χ2n) is 12.0. The van der Waals surface area contributed by atoms with E-state index in [4.69, 9.17) is 18.9 Å². The van der Waals surface area contributed by atoms with Crippen molar-refractivity contribution < 1.29 is 18.9 Å². The van der Waals surface area contributed by atoms with Crippen LogP contribution in [-0.4, -0.2) is 49.3 Å². The number of hydrogen-bond acceptors (Lipinski definition) is 4. The maximum absolute atomic E-state index is 7.42. The van der Waals surface area contributed by atoms with E-state index in [-0.39, 0.29) is 12.2 Å². The van der Waals surface area contributed by atoms with Gasteiger partial charge in [0.1, 0.15) is 0 Å². The van der Waals surface area contributed by atoms with Crippen molar-refractivity contribution in [3.05, 3.63) is 121 Å². The van der Waals surface area contributed by atoms with Gasteiger partial charge in [-0.2, -0.15) is 0 Å².